The number of nitrogens with zero attached hydrogens (tertiary/aromatic N) is 1. The summed E-state index contributed by atoms with van der Waals surface area (Å²) < 4.78 is 1.02. The molecular weight excluding hydrogens is 266 g/mol. The maximum atomic E-state index is 5.90. The third kappa shape index (κ3) is 3.12. The highest BCUT2D eigenvalue weighted by atomic mass is 79.9. The second-order valence-electron chi connectivity index (χ2n) is 4.37. The number of hydrogen-bond acceptors (Lipinski definition) is 3. The third-order valence-corrected chi connectivity index (χ3v) is 3.46. The molecule has 1 aliphatic carbocycles. The summed E-state index contributed by atoms with van der Waals surface area (Å²) in [5, 5.41) is 3.37. The van der Waals surface area contributed by atoms with E-state index in [2.05, 4.69) is 33.2 Å². The lowest BCUT2D eigenvalue weighted by Gasteiger charge is -2.17. The number of likely N-dealkylation sites (N-methyl/N-ethyl adjacent to an activating group) is 1. The highest BCUT2D eigenvalue weighted by molar-refractivity contribution is 9.10. The molecule has 0 heterocycles. The number of nitrogens with one attached hydrogen (secondary N) is 1. The van der Waals surface area contributed by atoms with Crippen LogP contribution in [0.1, 0.15) is 12.8 Å². The first-order valence-corrected chi connectivity index (χ1v) is 6.45. The molecule has 0 atom stereocenters. The molecule has 0 aromatic heterocycles. The zero-order chi connectivity index (χ0) is 11.5. The Labute approximate surface area is 105 Å². The van der Waals surface area contributed by atoms with Crippen LogP contribution in [0.2, 0.25) is 0 Å². The van der Waals surface area contributed by atoms with Gasteiger partial charge < -0.3 is 16.0 Å². The van der Waals surface area contributed by atoms with Crippen molar-refractivity contribution in [3.05, 3.63) is 22.7 Å². The fraction of sp³-hybridized carbons (Fsp3) is 0.500. The molecule has 0 unspecified atom stereocenters. The average molecular weight is 284 g/mol. The van der Waals surface area contributed by atoms with E-state index in [0.29, 0.717) is 0 Å². The number of anilines is 2. The zero-order valence-electron chi connectivity index (χ0n) is 9.54. The SMILES string of the molecule is CN(CCNc1ccc(Br)cc1N)C1CC1. The lowest BCUT2D eigenvalue weighted by atomic mass is 10.2. The molecule has 3 nitrogen and oxygen atoms in total. The molecule has 0 bridgehead atoms. The van der Waals surface area contributed by atoms with Gasteiger partial charge in [0.25, 0.3) is 0 Å². The number of hydrogen-bond donors (Lipinski definition) is 2. The maximum Gasteiger partial charge on any atom is 0.0575 e. The molecule has 2 rings (SSSR count). The third-order valence-electron chi connectivity index (χ3n) is 2.96. The number of nitrogens with two attached hydrogens (primary N) is 1. The largest absolute Gasteiger partial charge is 0.397 e. The average Bonchev–Trinajstić information content (AvgIpc) is 3.04. The van der Waals surface area contributed by atoms with Crippen LogP contribution in [0.25, 0.3) is 0 Å². The molecule has 1 aromatic carbocycles. The van der Waals surface area contributed by atoms with Crippen LogP contribution in [-0.4, -0.2) is 31.1 Å². The van der Waals surface area contributed by atoms with Crippen molar-refractivity contribution in [2.75, 3.05) is 31.2 Å². The number of nitrogen functional groups attached to an aromatic ring is 1. The normalized spacial score (nSPS) is 15.4. The van der Waals surface area contributed by atoms with E-state index in [1.54, 1.807) is 0 Å². The molecule has 3 N–H and O–H groups in total. The number of benzene rings is 1. The molecule has 4 heteroatoms. The summed E-state index contributed by atoms with van der Waals surface area (Å²) in [5.41, 5.74) is 7.72. The number of rotatable bonds is 5. The molecule has 1 saturated carbocycles. The Morgan fingerprint density at radius 2 is 2.25 bits per heavy atom. The van der Waals surface area contributed by atoms with E-state index in [-0.39, 0.29) is 0 Å². The van der Waals surface area contributed by atoms with Gasteiger partial charge in [-0.3, -0.25) is 0 Å². The predicted octanol–water partition coefficient (Wildman–Crippen LogP) is 2.54. The van der Waals surface area contributed by atoms with Crippen molar-refractivity contribution in [2.45, 2.75) is 18.9 Å². The van der Waals surface area contributed by atoms with E-state index in [4.69, 9.17) is 5.73 Å². The Morgan fingerprint density at radius 1 is 1.50 bits per heavy atom. The van der Waals surface area contributed by atoms with Gasteiger partial charge in [0.05, 0.1) is 11.4 Å². The zero-order valence-corrected chi connectivity index (χ0v) is 11.1. The molecule has 0 radical (unpaired) electrons. The maximum absolute atomic E-state index is 5.90. The summed E-state index contributed by atoms with van der Waals surface area (Å²) in [5.74, 6) is 0. The molecule has 0 saturated heterocycles. The summed E-state index contributed by atoms with van der Waals surface area (Å²) in [6.45, 7) is 2.01. The monoisotopic (exact) mass is 283 g/mol. The van der Waals surface area contributed by atoms with E-state index in [1.165, 1.54) is 12.8 Å². The molecule has 16 heavy (non-hydrogen) atoms. The summed E-state index contributed by atoms with van der Waals surface area (Å²) in [4.78, 5) is 2.40. The van der Waals surface area contributed by atoms with Gasteiger partial charge in [0.2, 0.25) is 0 Å². The van der Waals surface area contributed by atoms with E-state index >= 15 is 0 Å². The van der Waals surface area contributed by atoms with Crippen molar-refractivity contribution in [3.63, 3.8) is 0 Å². The fourth-order valence-electron chi connectivity index (χ4n) is 1.76. The van der Waals surface area contributed by atoms with Crippen LogP contribution in [0, 0.1) is 0 Å². The van der Waals surface area contributed by atoms with Crippen LogP contribution in [-0.2, 0) is 0 Å². The predicted molar refractivity (Wildman–Crippen MR) is 72.7 cm³/mol. The van der Waals surface area contributed by atoms with Gasteiger partial charge in [0.15, 0.2) is 0 Å². The van der Waals surface area contributed by atoms with Crippen LogP contribution in [0.5, 0.6) is 0 Å². The Kier molecular flexibility index (Phi) is 3.71. The topological polar surface area (TPSA) is 41.3 Å². The first kappa shape index (κ1) is 11.7. The van der Waals surface area contributed by atoms with Gasteiger partial charge in [-0.1, -0.05) is 15.9 Å². The van der Waals surface area contributed by atoms with E-state index < -0.39 is 0 Å². The lowest BCUT2D eigenvalue weighted by Crippen LogP contribution is -2.27. The lowest BCUT2D eigenvalue weighted by molar-refractivity contribution is 0.337. The minimum Gasteiger partial charge on any atom is -0.397 e. The molecule has 0 aliphatic heterocycles. The summed E-state index contributed by atoms with van der Waals surface area (Å²) in [7, 11) is 2.18. The van der Waals surface area contributed by atoms with Crippen molar-refractivity contribution in [1.29, 1.82) is 0 Å². The molecule has 1 aliphatic rings. The van der Waals surface area contributed by atoms with Gasteiger partial charge in [-0.25, -0.2) is 0 Å². The van der Waals surface area contributed by atoms with Crippen LogP contribution >= 0.6 is 15.9 Å². The summed E-state index contributed by atoms with van der Waals surface area (Å²) >= 11 is 3.40. The van der Waals surface area contributed by atoms with Gasteiger partial charge in [-0.15, -0.1) is 0 Å². The molecule has 0 spiro atoms. The Hall–Kier alpha value is -0.740. The van der Waals surface area contributed by atoms with Crippen molar-refractivity contribution >= 4 is 27.3 Å². The standard InChI is InChI=1S/C12H18BrN3/c1-16(10-3-4-10)7-6-15-12-5-2-9(13)8-11(12)14/h2,5,8,10,15H,3-4,6-7,14H2,1H3. The van der Waals surface area contributed by atoms with Gasteiger partial charge in [0.1, 0.15) is 0 Å². The van der Waals surface area contributed by atoms with Crippen LogP contribution < -0.4 is 11.1 Å². The van der Waals surface area contributed by atoms with Crippen molar-refractivity contribution in [1.82, 2.24) is 4.90 Å². The van der Waals surface area contributed by atoms with E-state index in [0.717, 1.165) is 35.0 Å². The Balaban J connectivity index is 1.80. The van der Waals surface area contributed by atoms with Gasteiger partial charge in [-0.05, 0) is 38.1 Å². The van der Waals surface area contributed by atoms with Crippen molar-refractivity contribution in [2.24, 2.45) is 0 Å². The smallest absolute Gasteiger partial charge is 0.0575 e. The van der Waals surface area contributed by atoms with Crippen molar-refractivity contribution < 1.29 is 0 Å². The molecule has 1 fully saturated rings. The molecule has 1 aromatic rings. The molecule has 88 valence electrons. The van der Waals surface area contributed by atoms with Crippen LogP contribution in [0.15, 0.2) is 22.7 Å². The van der Waals surface area contributed by atoms with E-state index in [9.17, 15) is 0 Å². The fourth-order valence-corrected chi connectivity index (χ4v) is 2.14. The van der Waals surface area contributed by atoms with Gasteiger partial charge in [-0.2, -0.15) is 0 Å². The summed E-state index contributed by atoms with van der Waals surface area (Å²) in [6, 6.07) is 6.76. The quantitative estimate of drug-likeness (QED) is 0.816. The van der Waals surface area contributed by atoms with Crippen LogP contribution in [0.4, 0.5) is 11.4 Å². The second kappa shape index (κ2) is 5.06. The Morgan fingerprint density at radius 3 is 2.88 bits per heavy atom. The van der Waals surface area contributed by atoms with Gasteiger partial charge >= 0.3 is 0 Å². The van der Waals surface area contributed by atoms with Crippen LogP contribution in [0.3, 0.4) is 0 Å². The highest BCUT2D eigenvalue weighted by Crippen LogP contribution is 2.25. The summed E-state index contributed by atoms with van der Waals surface area (Å²) in [6.07, 6.45) is 2.72. The number of halogens is 1. The first-order chi connectivity index (χ1) is 7.66. The molecule has 0 amide bonds. The molecular formula is C12H18BrN3. The minimum atomic E-state index is 0.795. The van der Waals surface area contributed by atoms with Crippen molar-refractivity contribution in [3.8, 4) is 0 Å². The first-order valence-electron chi connectivity index (χ1n) is 5.66. The highest BCUT2D eigenvalue weighted by Gasteiger charge is 2.25. The minimum absolute atomic E-state index is 0.795. The Bertz CT molecular complexity index is 363. The van der Waals surface area contributed by atoms with E-state index in [1.807, 2.05) is 18.2 Å². The van der Waals surface area contributed by atoms with Gasteiger partial charge in [0, 0.05) is 23.6 Å². The second-order valence-corrected chi connectivity index (χ2v) is 5.29.